The Hall–Kier alpha value is -2.60. The molecule has 0 spiro atoms. The maximum absolute atomic E-state index is 12.2. The van der Waals surface area contributed by atoms with Gasteiger partial charge in [0, 0.05) is 25.4 Å². The van der Waals surface area contributed by atoms with E-state index in [1.807, 2.05) is 12.1 Å². The minimum atomic E-state index is -0.419. The molecule has 2 aromatic rings. The van der Waals surface area contributed by atoms with Crippen molar-refractivity contribution in [2.45, 2.75) is 13.5 Å². The van der Waals surface area contributed by atoms with Crippen molar-refractivity contribution >= 4 is 17.6 Å². The molecule has 1 heterocycles. The molecular formula is C16H19N3O3. The molecule has 0 saturated heterocycles. The molecule has 0 radical (unpaired) electrons. The lowest BCUT2D eigenvalue weighted by Gasteiger charge is -2.03. The number of amides is 1. The molecule has 0 aliphatic carbocycles. The van der Waals surface area contributed by atoms with Crippen LogP contribution in [0.3, 0.4) is 0 Å². The van der Waals surface area contributed by atoms with Crippen molar-refractivity contribution in [2.75, 3.05) is 11.9 Å². The molecule has 2 rings (SSSR count). The van der Waals surface area contributed by atoms with E-state index in [4.69, 9.17) is 10.5 Å². The summed E-state index contributed by atoms with van der Waals surface area (Å²) in [6.07, 6.45) is 1.67. The second-order valence-electron chi connectivity index (χ2n) is 4.80. The molecule has 0 aliphatic heterocycles. The Balaban J connectivity index is 2.11. The first kappa shape index (κ1) is 15.8. The molecule has 1 aromatic heterocycles. The fourth-order valence-electron chi connectivity index (χ4n) is 2.04. The smallest absolute Gasteiger partial charge is 0.355 e. The molecular weight excluding hydrogens is 282 g/mol. The summed E-state index contributed by atoms with van der Waals surface area (Å²) in [5.41, 5.74) is 7.94. The number of rotatable bonds is 5. The molecule has 3 N–H and O–H groups in total. The summed E-state index contributed by atoms with van der Waals surface area (Å²) in [4.78, 5) is 23.9. The fourth-order valence-corrected chi connectivity index (χ4v) is 2.04. The fraction of sp³-hybridized carbons (Fsp3) is 0.250. The molecule has 0 fully saturated rings. The van der Waals surface area contributed by atoms with Crippen molar-refractivity contribution in [1.82, 2.24) is 4.57 Å². The van der Waals surface area contributed by atoms with Crippen LogP contribution >= 0.6 is 0 Å². The number of ether oxygens (including phenoxy) is 1. The molecule has 1 aromatic carbocycles. The number of carbonyl (C=O) groups excluding carboxylic acids is 2. The number of nitrogens with one attached hydrogen (secondary N) is 1. The summed E-state index contributed by atoms with van der Waals surface area (Å²) in [5, 5.41) is 2.76. The van der Waals surface area contributed by atoms with E-state index in [1.54, 1.807) is 42.9 Å². The van der Waals surface area contributed by atoms with E-state index in [0.717, 1.165) is 5.56 Å². The highest BCUT2D eigenvalue weighted by atomic mass is 16.5. The molecule has 0 unspecified atom stereocenters. The second kappa shape index (κ2) is 6.91. The van der Waals surface area contributed by atoms with Gasteiger partial charge in [-0.15, -0.1) is 0 Å². The molecule has 6 nitrogen and oxygen atoms in total. The normalized spacial score (nSPS) is 10.3. The number of carbonyl (C=O) groups is 2. The molecule has 0 aliphatic rings. The van der Waals surface area contributed by atoms with E-state index < -0.39 is 5.97 Å². The van der Waals surface area contributed by atoms with Crippen molar-refractivity contribution in [3.05, 3.63) is 53.3 Å². The predicted molar refractivity (Wildman–Crippen MR) is 83.7 cm³/mol. The molecule has 1 amide bonds. The lowest BCUT2D eigenvalue weighted by molar-refractivity contribution is 0.0515. The van der Waals surface area contributed by atoms with E-state index in [9.17, 15) is 9.59 Å². The maximum atomic E-state index is 12.2. The lowest BCUT2D eigenvalue weighted by Crippen LogP contribution is -2.11. The number of nitrogens with two attached hydrogens (primary N) is 1. The summed E-state index contributed by atoms with van der Waals surface area (Å²) in [6.45, 7) is 2.48. The molecule has 0 atom stereocenters. The Kier molecular flexibility index (Phi) is 4.95. The number of nitrogens with zero attached hydrogens (tertiary/aromatic N) is 1. The second-order valence-corrected chi connectivity index (χ2v) is 4.80. The standard InChI is InChI=1S/C16H19N3O3/c1-3-22-16(21)14-8-13(10-19(14)2)18-15(20)12-6-4-11(9-17)5-7-12/h4-8,10H,3,9,17H2,1-2H3,(H,18,20). The van der Waals surface area contributed by atoms with E-state index in [2.05, 4.69) is 5.32 Å². The van der Waals surface area contributed by atoms with Crippen LogP contribution in [0.2, 0.25) is 0 Å². The zero-order valence-corrected chi connectivity index (χ0v) is 12.6. The van der Waals surface area contributed by atoms with Gasteiger partial charge in [-0.2, -0.15) is 0 Å². The number of aromatic nitrogens is 1. The van der Waals surface area contributed by atoms with Gasteiger partial charge in [0.25, 0.3) is 5.91 Å². The molecule has 6 heteroatoms. The van der Waals surface area contributed by atoms with Gasteiger partial charge in [0.15, 0.2) is 0 Å². The molecule has 0 bridgehead atoms. The van der Waals surface area contributed by atoms with Crippen LogP contribution in [0.4, 0.5) is 5.69 Å². The summed E-state index contributed by atoms with van der Waals surface area (Å²) in [5.74, 6) is -0.664. The number of hydrogen-bond acceptors (Lipinski definition) is 4. The van der Waals surface area contributed by atoms with Gasteiger partial charge in [0.05, 0.1) is 12.3 Å². The topological polar surface area (TPSA) is 86.3 Å². The Morgan fingerprint density at radius 2 is 1.95 bits per heavy atom. The van der Waals surface area contributed by atoms with Crippen LogP contribution in [0.25, 0.3) is 0 Å². The minimum Gasteiger partial charge on any atom is -0.461 e. The zero-order valence-electron chi connectivity index (χ0n) is 12.6. The first-order chi connectivity index (χ1) is 10.5. The van der Waals surface area contributed by atoms with Crippen LogP contribution in [0.1, 0.15) is 33.3 Å². The first-order valence-electron chi connectivity index (χ1n) is 6.99. The Morgan fingerprint density at radius 3 is 2.55 bits per heavy atom. The minimum absolute atomic E-state index is 0.246. The third kappa shape index (κ3) is 3.53. The highest BCUT2D eigenvalue weighted by molar-refractivity contribution is 6.04. The van der Waals surface area contributed by atoms with Gasteiger partial charge in [0.1, 0.15) is 5.69 Å². The molecule has 116 valence electrons. The monoisotopic (exact) mass is 301 g/mol. The third-order valence-corrected chi connectivity index (χ3v) is 3.20. The largest absolute Gasteiger partial charge is 0.461 e. The van der Waals surface area contributed by atoms with E-state index >= 15 is 0 Å². The lowest BCUT2D eigenvalue weighted by atomic mass is 10.1. The van der Waals surface area contributed by atoms with Gasteiger partial charge in [-0.3, -0.25) is 4.79 Å². The van der Waals surface area contributed by atoms with E-state index in [0.29, 0.717) is 30.1 Å². The maximum Gasteiger partial charge on any atom is 0.355 e. The highest BCUT2D eigenvalue weighted by Crippen LogP contribution is 2.15. The first-order valence-corrected chi connectivity index (χ1v) is 6.99. The number of anilines is 1. The van der Waals surface area contributed by atoms with Crippen LogP contribution in [-0.4, -0.2) is 23.1 Å². The van der Waals surface area contributed by atoms with Gasteiger partial charge >= 0.3 is 5.97 Å². The van der Waals surface area contributed by atoms with Crippen LogP contribution in [0.15, 0.2) is 36.5 Å². The Bertz CT molecular complexity index is 674. The van der Waals surface area contributed by atoms with Gasteiger partial charge in [-0.25, -0.2) is 4.79 Å². The zero-order chi connectivity index (χ0) is 16.1. The van der Waals surface area contributed by atoms with Crippen molar-refractivity contribution in [1.29, 1.82) is 0 Å². The van der Waals surface area contributed by atoms with Crippen molar-refractivity contribution in [3.8, 4) is 0 Å². The van der Waals surface area contributed by atoms with Crippen molar-refractivity contribution < 1.29 is 14.3 Å². The number of esters is 1. The number of hydrogen-bond donors (Lipinski definition) is 2. The molecule has 22 heavy (non-hydrogen) atoms. The van der Waals surface area contributed by atoms with Gasteiger partial charge < -0.3 is 20.4 Å². The van der Waals surface area contributed by atoms with Crippen LogP contribution in [0, 0.1) is 0 Å². The summed E-state index contributed by atoms with van der Waals surface area (Å²) < 4.78 is 6.57. The third-order valence-electron chi connectivity index (χ3n) is 3.20. The predicted octanol–water partition coefficient (Wildman–Crippen LogP) is 1.91. The number of aryl methyl sites for hydroxylation is 1. The van der Waals surface area contributed by atoms with Gasteiger partial charge in [-0.1, -0.05) is 12.1 Å². The summed E-state index contributed by atoms with van der Waals surface area (Å²) >= 11 is 0. The van der Waals surface area contributed by atoms with Crippen LogP contribution in [-0.2, 0) is 18.3 Å². The summed E-state index contributed by atoms with van der Waals surface area (Å²) in [7, 11) is 1.72. The Labute approximate surface area is 128 Å². The van der Waals surface area contributed by atoms with Gasteiger partial charge in [-0.05, 0) is 30.7 Å². The Morgan fingerprint density at radius 1 is 1.27 bits per heavy atom. The van der Waals surface area contributed by atoms with E-state index in [1.165, 1.54) is 0 Å². The SMILES string of the molecule is CCOC(=O)c1cc(NC(=O)c2ccc(CN)cc2)cn1C. The number of benzene rings is 1. The summed E-state index contributed by atoms with van der Waals surface area (Å²) in [6, 6.07) is 8.64. The van der Waals surface area contributed by atoms with Crippen LogP contribution < -0.4 is 11.1 Å². The van der Waals surface area contributed by atoms with E-state index in [-0.39, 0.29) is 5.91 Å². The average Bonchev–Trinajstić information content (AvgIpc) is 2.88. The van der Waals surface area contributed by atoms with Crippen molar-refractivity contribution in [2.24, 2.45) is 12.8 Å². The highest BCUT2D eigenvalue weighted by Gasteiger charge is 2.14. The van der Waals surface area contributed by atoms with Crippen molar-refractivity contribution in [3.63, 3.8) is 0 Å². The quantitative estimate of drug-likeness (QED) is 0.826. The molecule has 0 saturated carbocycles. The van der Waals surface area contributed by atoms with Gasteiger partial charge in [0.2, 0.25) is 0 Å². The van der Waals surface area contributed by atoms with Crippen LogP contribution in [0.5, 0.6) is 0 Å². The average molecular weight is 301 g/mol.